The fourth-order valence-electron chi connectivity index (χ4n) is 7.23. The molecule has 0 bridgehead atoms. The Hall–Kier alpha value is -0.690. The molecule has 1 amide bonds. The van der Waals surface area contributed by atoms with Crippen LogP contribution in [0.1, 0.15) is 245 Å². The molecule has 4 atom stereocenters. The van der Waals surface area contributed by atoms with E-state index >= 15 is 0 Å². The van der Waals surface area contributed by atoms with E-state index in [1.807, 2.05) is 0 Å². The van der Waals surface area contributed by atoms with Crippen LogP contribution >= 0.6 is 0 Å². The van der Waals surface area contributed by atoms with Crippen LogP contribution in [0.15, 0.2) is 0 Å². The first-order valence-corrected chi connectivity index (χ1v) is 22.4. The molecule has 5 N–H and O–H groups in total. The van der Waals surface area contributed by atoms with E-state index in [0.29, 0.717) is 12.8 Å². The van der Waals surface area contributed by atoms with Gasteiger partial charge in [-0.05, 0) is 12.8 Å². The van der Waals surface area contributed by atoms with Crippen LogP contribution in [0.2, 0.25) is 0 Å². The first-order valence-electron chi connectivity index (χ1n) is 22.4. The van der Waals surface area contributed by atoms with Gasteiger partial charge in [0, 0.05) is 0 Å². The van der Waals surface area contributed by atoms with E-state index in [1.54, 1.807) is 0 Å². The third kappa shape index (κ3) is 33.2. The Labute approximate surface area is 311 Å². The normalized spacial score (nSPS) is 14.1. The van der Waals surface area contributed by atoms with Crippen LogP contribution in [0.4, 0.5) is 0 Å². The lowest BCUT2D eigenvalue weighted by Gasteiger charge is -2.27. The summed E-state index contributed by atoms with van der Waals surface area (Å²) in [5.74, 6) is -0.579. The summed E-state index contributed by atoms with van der Waals surface area (Å²) in [7, 11) is 0. The van der Waals surface area contributed by atoms with Crippen LogP contribution in [0.25, 0.3) is 0 Å². The topological polar surface area (TPSA) is 110 Å². The molecule has 0 aliphatic rings. The van der Waals surface area contributed by atoms with Gasteiger partial charge in [-0.2, -0.15) is 0 Å². The van der Waals surface area contributed by atoms with E-state index in [2.05, 4.69) is 19.2 Å². The summed E-state index contributed by atoms with van der Waals surface area (Å²) < 4.78 is 0. The summed E-state index contributed by atoms with van der Waals surface area (Å²) >= 11 is 0. The molecule has 0 aromatic heterocycles. The lowest BCUT2D eigenvalue weighted by atomic mass is 9.99. The van der Waals surface area contributed by atoms with Crippen molar-refractivity contribution >= 4 is 5.91 Å². The minimum Gasteiger partial charge on any atom is -0.394 e. The van der Waals surface area contributed by atoms with E-state index in [0.717, 1.165) is 38.5 Å². The lowest BCUT2D eigenvalue weighted by molar-refractivity contribution is -0.132. The number of aliphatic hydroxyl groups is 4. The van der Waals surface area contributed by atoms with Crippen molar-refractivity contribution < 1.29 is 25.2 Å². The van der Waals surface area contributed by atoms with Gasteiger partial charge in [0.1, 0.15) is 12.2 Å². The Morgan fingerprint density at radius 2 is 0.680 bits per heavy atom. The molecule has 0 saturated heterocycles. The molecule has 50 heavy (non-hydrogen) atoms. The van der Waals surface area contributed by atoms with Crippen molar-refractivity contribution in [3.63, 3.8) is 0 Å². The zero-order valence-electron chi connectivity index (χ0n) is 33.7. The molecule has 0 unspecified atom stereocenters. The molecule has 0 radical (unpaired) electrons. The smallest absolute Gasteiger partial charge is 0.249 e. The number of hydrogen-bond acceptors (Lipinski definition) is 5. The van der Waals surface area contributed by atoms with E-state index < -0.39 is 36.9 Å². The quantitative estimate of drug-likeness (QED) is 0.0406. The SMILES string of the molecule is CCCCCCCCCCCCCCCCCCCCCC[C@@H](O)C(=O)N[C@@H](CO)[C@H](O)[C@H](O)CCCCCCCCCCCCCCCC. The Bertz CT molecular complexity index is 677. The van der Waals surface area contributed by atoms with Crippen LogP contribution in [0, 0.1) is 0 Å². The zero-order chi connectivity index (χ0) is 36.8. The van der Waals surface area contributed by atoms with Crippen molar-refractivity contribution in [3.8, 4) is 0 Å². The third-order valence-electron chi connectivity index (χ3n) is 10.8. The largest absolute Gasteiger partial charge is 0.394 e. The average Bonchev–Trinajstić information content (AvgIpc) is 3.12. The standard InChI is InChI=1S/C44H89NO5/c1-3-5-7-9-11-13-15-17-19-20-21-22-23-24-26-28-30-32-34-36-38-42(48)44(50)45-40(39-46)43(49)41(47)37-35-33-31-29-27-25-18-16-14-12-10-8-6-4-2/h40-43,46-49H,3-39H2,1-2H3,(H,45,50)/t40-,41+,42+,43-/m0/s1. The van der Waals surface area contributed by atoms with Gasteiger partial charge in [0.25, 0.3) is 0 Å². The molecule has 0 rings (SSSR count). The van der Waals surface area contributed by atoms with Crippen molar-refractivity contribution in [3.05, 3.63) is 0 Å². The second-order valence-corrected chi connectivity index (χ2v) is 15.8. The third-order valence-corrected chi connectivity index (χ3v) is 10.8. The molecule has 0 aromatic carbocycles. The second-order valence-electron chi connectivity index (χ2n) is 15.8. The molecule has 0 spiro atoms. The Morgan fingerprint density at radius 3 is 0.960 bits per heavy atom. The molecule has 6 nitrogen and oxygen atoms in total. The Kier molecular flexibility index (Phi) is 39.0. The molecule has 0 saturated carbocycles. The molecule has 6 heteroatoms. The van der Waals surface area contributed by atoms with Crippen molar-refractivity contribution in [2.75, 3.05) is 6.61 Å². The molecule has 0 aromatic rings. The van der Waals surface area contributed by atoms with Gasteiger partial charge >= 0.3 is 0 Å². The average molecular weight is 712 g/mol. The van der Waals surface area contributed by atoms with Gasteiger partial charge in [-0.3, -0.25) is 4.79 Å². The van der Waals surface area contributed by atoms with E-state index in [4.69, 9.17) is 0 Å². The van der Waals surface area contributed by atoms with Gasteiger partial charge in [0.05, 0.1) is 18.8 Å². The highest BCUT2D eigenvalue weighted by Crippen LogP contribution is 2.17. The maximum atomic E-state index is 12.5. The van der Waals surface area contributed by atoms with Crippen molar-refractivity contribution in [1.82, 2.24) is 5.32 Å². The fourth-order valence-corrected chi connectivity index (χ4v) is 7.23. The number of hydrogen-bond donors (Lipinski definition) is 5. The monoisotopic (exact) mass is 712 g/mol. The van der Waals surface area contributed by atoms with Crippen LogP contribution in [0.5, 0.6) is 0 Å². The first kappa shape index (κ1) is 49.3. The van der Waals surface area contributed by atoms with Gasteiger partial charge in [-0.25, -0.2) is 0 Å². The van der Waals surface area contributed by atoms with Crippen LogP contribution in [0.3, 0.4) is 0 Å². The summed E-state index contributed by atoms with van der Waals surface area (Å²) in [5, 5.41) is 43.7. The highest BCUT2D eigenvalue weighted by Gasteiger charge is 2.28. The second kappa shape index (κ2) is 39.5. The zero-order valence-corrected chi connectivity index (χ0v) is 33.7. The Balaban J connectivity index is 3.68. The molecule has 0 fully saturated rings. The number of amides is 1. The molecular formula is C44H89NO5. The summed E-state index contributed by atoms with van der Waals surface area (Å²) in [6.45, 7) is 4.06. The van der Waals surface area contributed by atoms with Gasteiger partial charge in [-0.15, -0.1) is 0 Å². The van der Waals surface area contributed by atoms with Gasteiger partial charge in [0.2, 0.25) is 5.91 Å². The summed E-state index contributed by atoms with van der Waals surface area (Å²) in [6.07, 6.45) is 41.3. The van der Waals surface area contributed by atoms with Gasteiger partial charge in [0.15, 0.2) is 0 Å². The van der Waals surface area contributed by atoms with E-state index in [9.17, 15) is 25.2 Å². The molecule has 0 aliphatic heterocycles. The van der Waals surface area contributed by atoms with Gasteiger partial charge in [-0.1, -0.05) is 232 Å². The minimum absolute atomic E-state index is 0.376. The minimum atomic E-state index is -1.25. The van der Waals surface area contributed by atoms with Crippen LogP contribution in [-0.2, 0) is 4.79 Å². The van der Waals surface area contributed by atoms with Crippen molar-refractivity contribution in [2.45, 2.75) is 269 Å². The maximum absolute atomic E-state index is 12.5. The van der Waals surface area contributed by atoms with E-state index in [1.165, 1.54) is 180 Å². The number of rotatable bonds is 41. The first-order chi connectivity index (χ1) is 24.5. The fraction of sp³-hybridized carbons (Fsp3) is 0.977. The lowest BCUT2D eigenvalue weighted by Crippen LogP contribution is -2.53. The number of unbranched alkanes of at least 4 members (excludes halogenated alkanes) is 32. The molecular weight excluding hydrogens is 622 g/mol. The number of nitrogens with one attached hydrogen (secondary N) is 1. The molecule has 300 valence electrons. The summed E-state index contributed by atoms with van der Waals surface area (Å²) in [6, 6.07) is -0.978. The molecule has 0 aliphatic carbocycles. The van der Waals surface area contributed by atoms with Crippen LogP contribution < -0.4 is 5.32 Å². The van der Waals surface area contributed by atoms with Gasteiger partial charge < -0.3 is 25.7 Å². The van der Waals surface area contributed by atoms with E-state index in [-0.39, 0.29) is 0 Å². The number of carbonyl (C=O) groups is 1. The van der Waals surface area contributed by atoms with Crippen molar-refractivity contribution in [2.24, 2.45) is 0 Å². The molecule has 0 heterocycles. The number of carbonyl (C=O) groups excluding carboxylic acids is 1. The van der Waals surface area contributed by atoms with Crippen molar-refractivity contribution in [1.29, 1.82) is 0 Å². The predicted octanol–water partition coefficient (Wildman–Crippen LogP) is 11.6. The summed E-state index contributed by atoms with van der Waals surface area (Å²) in [4.78, 5) is 12.5. The highest BCUT2D eigenvalue weighted by molar-refractivity contribution is 5.80. The highest BCUT2D eigenvalue weighted by atomic mass is 16.3. The summed E-state index contributed by atoms with van der Waals surface area (Å²) in [5.41, 5.74) is 0. The number of aliphatic hydroxyl groups excluding tert-OH is 4. The van der Waals surface area contributed by atoms with Crippen LogP contribution in [-0.4, -0.2) is 57.3 Å². The maximum Gasteiger partial charge on any atom is 0.249 e. The predicted molar refractivity (Wildman–Crippen MR) is 215 cm³/mol. The Morgan fingerprint density at radius 1 is 0.420 bits per heavy atom.